The van der Waals surface area contributed by atoms with E-state index in [0.29, 0.717) is 11.5 Å². The number of anilines is 1. The maximum absolute atomic E-state index is 9.09. The topological polar surface area (TPSA) is 48.7 Å². The van der Waals surface area contributed by atoms with Crippen LogP contribution in [0.1, 0.15) is 62.6 Å². The molecule has 0 bridgehead atoms. The zero-order valence-electron chi connectivity index (χ0n) is 11.1. The summed E-state index contributed by atoms with van der Waals surface area (Å²) in [7, 11) is 0. The van der Waals surface area contributed by atoms with Crippen molar-refractivity contribution < 1.29 is 0 Å². The summed E-state index contributed by atoms with van der Waals surface area (Å²) in [6, 6.07) is 6.15. The zero-order valence-corrected chi connectivity index (χ0v) is 11.1. The molecule has 0 amide bonds. The Morgan fingerprint density at radius 1 is 1.33 bits per heavy atom. The molecule has 1 heterocycles. The smallest absolute Gasteiger partial charge is 0.144 e. The first-order valence-corrected chi connectivity index (χ1v) is 7.00. The molecule has 0 aliphatic heterocycles. The van der Waals surface area contributed by atoms with Crippen molar-refractivity contribution in [3.8, 4) is 6.07 Å². The summed E-state index contributed by atoms with van der Waals surface area (Å²) in [6.45, 7) is 2.99. The Kier molecular flexibility index (Phi) is 4.58. The number of hydrogen-bond acceptors (Lipinski definition) is 3. The highest BCUT2D eigenvalue weighted by atomic mass is 15.0. The molecule has 1 saturated carbocycles. The van der Waals surface area contributed by atoms with Crippen LogP contribution >= 0.6 is 0 Å². The van der Waals surface area contributed by atoms with Gasteiger partial charge in [0.1, 0.15) is 11.9 Å². The van der Waals surface area contributed by atoms with Crippen LogP contribution in [0.2, 0.25) is 0 Å². The summed E-state index contributed by atoms with van der Waals surface area (Å²) in [5.74, 6) is 1.36. The maximum atomic E-state index is 9.09. The van der Waals surface area contributed by atoms with Crippen LogP contribution in [-0.2, 0) is 0 Å². The fraction of sp³-hybridized carbons (Fsp3) is 0.600. The average molecular weight is 243 g/mol. The molecule has 1 aliphatic carbocycles. The van der Waals surface area contributed by atoms with Gasteiger partial charge in [-0.3, -0.25) is 0 Å². The molecular formula is C15H21N3. The van der Waals surface area contributed by atoms with Crippen LogP contribution in [0.15, 0.2) is 12.1 Å². The van der Waals surface area contributed by atoms with E-state index in [9.17, 15) is 0 Å². The van der Waals surface area contributed by atoms with Gasteiger partial charge in [0.25, 0.3) is 0 Å². The molecule has 0 atom stereocenters. The van der Waals surface area contributed by atoms with Gasteiger partial charge in [-0.2, -0.15) is 5.26 Å². The fourth-order valence-corrected chi connectivity index (χ4v) is 2.57. The fourth-order valence-electron chi connectivity index (χ4n) is 2.57. The maximum Gasteiger partial charge on any atom is 0.144 e. The van der Waals surface area contributed by atoms with Gasteiger partial charge < -0.3 is 5.32 Å². The second kappa shape index (κ2) is 6.39. The molecule has 96 valence electrons. The quantitative estimate of drug-likeness (QED) is 0.874. The minimum Gasteiger partial charge on any atom is -0.369 e. The lowest BCUT2D eigenvalue weighted by molar-refractivity contribution is 0.437. The highest BCUT2D eigenvalue weighted by molar-refractivity contribution is 5.52. The summed E-state index contributed by atoms with van der Waals surface area (Å²) in [5.41, 5.74) is 1.82. The van der Waals surface area contributed by atoms with Crippen LogP contribution in [0, 0.1) is 11.3 Å². The van der Waals surface area contributed by atoms with Gasteiger partial charge in [0.05, 0.1) is 5.56 Å². The highest BCUT2D eigenvalue weighted by Crippen LogP contribution is 2.32. The van der Waals surface area contributed by atoms with E-state index in [0.717, 1.165) is 24.5 Å². The molecule has 1 N–H and O–H groups in total. The number of nitrogens with one attached hydrogen (secondary N) is 1. The molecule has 0 radical (unpaired) electrons. The van der Waals surface area contributed by atoms with Crippen molar-refractivity contribution >= 4 is 5.82 Å². The van der Waals surface area contributed by atoms with Crippen molar-refractivity contribution in [2.75, 3.05) is 11.9 Å². The first-order chi connectivity index (χ1) is 8.85. The zero-order chi connectivity index (χ0) is 12.8. The molecule has 1 aromatic rings. The van der Waals surface area contributed by atoms with Gasteiger partial charge in [-0.05, 0) is 31.4 Å². The minimum atomic E-state index is 0.591. The largest absolute Gasteiger partial charge is 0.369 e. The van der Waals surface area contributed by atoms with Crippen molar-refractivity contribution in [2.24, 2.45) is 0 Å². The molecule has 18 heavy (non-hydrogen) atoms. The van der Waals surface area contributed by atoms with E-state index in [2.05, 4.69) is 23.3 Å². The first kappa shape index (κ1) is 12.9. The molecular weight excluding hydrogens is 222 g/mol. The van der Waals surface area contributed by atoms with Gasteiger partial charge in [-0.15, -0.1) is 0 Å². The predicted molar refractivity (Wildman–Crippen MR) is 73.6 cm³/mol. The summed E-state index contributed by atoms with van der Waals surface area (Å²) in [4.78, 5) is 4.67. The van der Waals surface area contributed by atoms with E-state index in [1.54, 1.807) is 0 Å². The molecule has 3 nitrogen and oxygen atoms in total. The third-order valence-electron chi connectivity index (χ3n) is 3.60. The molecule has 1 aliphatic rings. The third-order valence-corrected chi connectivity index (χ3v) is 3.60. The van der Waals surface area contributed by atoms with E-state index >= 15 is 0 Å². The molecule has 0 unspecified atom stereocenters. The average Bonchev–Trinajstić information content (AvgIpc) is 2.45. The third kappa shape index (κ3) is 3.01. The number of nitrogens with zero attached hydrogens (tertiary/aromatic N) is 2. The van der Waals surface area contributed by atoms with Gasteiger partial charge >= 0.3 is 0 Å². The Balaban J connectivity index is 2.18. The van der Waals surface area contributed by atoms with E-state index in [4.69, 9.17) is 5.26 Å². The summed E-state index contributed by atoms with van der Waals surface area (Å²) < 4.78 is 0. The molecule has 1 aromatic heterocycles. The van der Waals surface area contributed by atoms with E-state index < -0.39 is 0 Å². The Labute approximate surface area is 109 Å². The summed E-state index contributed by atoms with van der Waals surface area (Å²) >= 11 is 0. The van der Waals surface area contributed by atoms with Gasteiger partial charge in [-0.25, -0.2) is 4.98 Å². The van der Waals surface area contributed by atoms with Crippen molar-refractivity contribution in [3.05, 3.63) is 23.4 Å². The van der Waals surface area contributed by atoms with Gasteiger partial charge in [0.15, 0.2) is 0 Å². The van der Waals surface area contributed by atoms with Crippen molar-refractivity contribution in [3.63, 3.8) is 0 Å². The SMILES string of the molecule is CCCNc1nc(C2CCCCC2)ccc1C#N. The molecule has 3 heteroatoms. The van der Waals surface area contributed by atoms with Gasteiger partial charge in [-0.1, -0.05) is 26.2 Å². The van der Waals surface area contributed by atoms with Gasteiger partial charge in [0, 0.05) is 18.2 Å². The van der Waals surface area contributed by atoms with E-state index in [1.165, 1.54) is 32.1 Å². The molecule has 0 saturated heterocycles. The van der Waals surface area contributed by atoms with Gasteiger partial charge in [0.2, 0.25) is 0 Å². The Hall–Kier alpha value is -1.56. The Morgan fingerprint density at radius 2 is 2.11 bits per heavy atom. The lowest BCUT2D eigenvalue weighted by Gasteiger charge is -2.21. The second-order valence-electron chi connectivity index (χ2n) is 5.01. The van der Waals surface area contributed by atoms with E-state index in [1.807, 2.05) is 12.1 Å². The first-order valence-electron chi connectivity index (χ1n) is 7.00. The molecule has 0 spiro atoms. The lowest BCUT2D eigenvalue weighted by Crippen LogP contribution is -2.10. The Morgan fingerprint density at radius 3 is 2.78 bits per heavy atom. The number of rotatable bonds is 4. The normalized spacial score (nSPS) is 16.2. The molecule has 0 aromatic carbocycles. The summed E-state index contributed by atoms with van der Waals surface area (Å²) in [6.07, 6.45) is 7.50. The molecule has 1 fully saturated rings. The van der Waals surface area contributed by atoms with Crippen LogP contribution in [0.3, 0.4) is 0 Å². The van der Waals surface area contributed by atoms with Crippen molar-refractivity contribution in [2.45, 2.75) is 51.4 Å². The van der Waals surface area contributed by atoms with Crippen molar-refractivity contribution in [1.82, 2.24) is 4.98 Å². The predicted octanol–water partition coefficient (Wildman–Crippen LogP) is 3.82. The monoisotopic (exact) mass is 243 g/mol. The lowest BCUT2D eigenvalue weighted by atomic mass is 9.86. The minimum absolute atomic E-state index is 0.591. The molecule has 2 rings (SSSR count). The van der Waals surface area contributed by atoms with Crippen LogP contribution in [0.5, 0.6) is 0 Å². The van der Waals surface area contributed by atoms with Crippen LogP contribution < -0.4 is 5.32 Å². The van der Waals surface area contributed by atoms with Crippen LogP contribution in [-0.4, -0.2) is 11.5 Å². The van der Waals surface area contributed by atoms with Crippen LogP contribution in [0.4, 0.5) is 5.82 Å². The standard InChI is InChI=1S/C15H21N3/c1-2-10-17-15-13(11-16)8-9-14(18-15)12-6-4-3-5-7-12/h8-9,12H,2-7,10H2,1H3,(H,17,18). The van der Waals surface area contributed by atoms with E-state index in [-0.39, 0.29) is 0 Å². The van der Waals surface area contributed by atoms with Crippen LogP contribution in [0.25, 0.3) is 0 Å². The highest BCUT2D eigenvalue weighted by Gasteiger charge is 2.17. The number of nitriles is 1. The van der Waals surface area contributed by atoms with Crippen molar-refractivity contribution in [1.29, 1.82) is 5.26 Å². The Bertz CT molecular complexity index is 428. The number of pyridine rings is 1. The number of hydrogen-bond donors (Lipinski definition) is 1. The number of aromatic nitrogens is 1. The second-order valence-corrected chi connectivity index (χ2v) is 5.01. The summed E-state index contributed by atoms with van der Waals surface area (Å²) in [5, 5.41) is 12.3.